The number of rotatable bonds is 6. The zero-order valence-electron chi connectivity index (χ0n) is 14.5. The van der Waals surface area contributed by atoms with E-state index in [0.717, 1.165) is 27.0 Å². The van der Waals surface area contributed by atoms with E-state index in [1.807, 2.05) is 58.9 Å². The van der Waals surface area contributed by atoms with Crippen LogP contribution in [0.4, 0.5) is 4.39 Å². The van der Waals surface area contributed by atoms with Crippen molar-refractivity contribution in [2.24, 2.45) is 0 Å². The fourth-order valence-corrected chi connectivity index (χ4v) is 4.19. The molecule has 0 spiro atoms. The lowest BCUT2D eigenvalue weighted by atomic mass is 10.1. The van der Waals surface area contributed by atoms with Crippen molar-refractivity contribution in [1.29, 1.82) is 0 Å². The number of nitrogens with zero attached hydrogens (tertiary/aromatic N) is 1. The van der Waals surface area contributed by atoms with Crippen LogP contribution in [0.25, 0.3) is 10.8 Å². The van der Waals surface area contributed by atoms with Gasteiger partial charge in [0.25, 0.3) is 0 Å². The summed E-state index contributed by atoms with van der Waals surface area (Å²) in [6.45, 7) is 0.810. The van der Waals surface area contributed by atoms with Gasteiger partial charge in [0.1, 0.15) is 22.6 Å². The first-order valence-corrected chi connectivity index (χ1v) is 9.72. The third kappa shape index (κ3) is 4.15. The molecule has 0 amide bonds. The van der Waals surface area contributed by atoms with Crippen molar-refractivity contribution in [3.8, 4) is 0 Å². The fourth-order valence-electron chi connectivity index (χ4n) is 2.97. The molecule has 0 N–H and O–H groups in total. The largest absolute Gasteiger partial charge is 0.468 e. The van der Waals surface area contributed by atoms with Gasteiger partial charge in [-0.25, -0.2) is 12.9 Å². The molecule has 1 atom stereocenters. The van der Waals surface area contributed by atoms with Gasteiger partial charge in [0.2, 0.25) is 0 Å². The van der Waals surface area contributed by atoms with Crippen molar-refractivity contribution in [3.05, 3.63) is 102 Å². The van der Waals surface area contributed by atoms with Crippen LogP contribution in [0, 0.1) is 5.82 Å². The van der Waals surface area contributed by atoms with Gasteiger partial charge in [0, 0.05) is 6.54 Å². The molecule has 1 heterocycles. The average molecular weight is 379 g/mol. The molecule has 3 aromatic carbocycles. The topological polar surface area (TPSA) is 33.5 Å². The first kappa shape index (κ1) is 17.6. The zero-order chi connectivity index (χ0) is 18.6. The Morgan fingerprint density at radius 2 is 1.63 bits per heavy atom. The molecular formula is C22H18FNO2S. The monoisotopic (exact) mass is 379 g/mol. The van der Waals surface area contributed by atoms with Crippen LogP contribution in [-0.2, 0) is 24.1 Å². The van der Waals surface area contributed by atoms with Gasteiger partial charge in [-0.1, -0.05) is 42.5 Å². The molecule has 1 aromatic heterocycles. The Bertz CT molecular complexity index is 1060. The van der Waals surface area contributed by atoms with Crippen molar-refractivity contribution in [1.82, 2.24) is 4.31 Å². The SMILES string of the molecule is O=[S@](c1ccc2ccccc2c1)N(Cc1ccc(F)cc1)Cc1ccco1. The molecule has 4 aromatic rings. The molecule has 0 fully saturated rings. The van der Waals surface area contributed by atoms with Gasteiger partial charge in [0.15, 0.2) is 0 Å². The van der Waals surface area contributed by atoms with Crippen molar-refractivity contribution < 1.29 is 13.0 Å². The maximum absolute atomic E-state index is 13.3. The normalized spacial score (nSPS) is 12.5. The molecule has 0 radical (unpaired) electrons. The van der Waals surface area contributed by atoms with E-state index in [9.17, 15) is 8.60 Å². The number of halogens is 1. The molecule has 0 saturated carbocycles. The predicted molar refractivity (Wildman–Crippen MR) is 105 cm³/mol. The highest BCUT2D eigenvalue weighted by Crippen LogP contribution is 2.22. The maximum atomic E-state index is 13.3. The van der Waals surface area contributed by atoms with E-state index in [1.54, 1.807) is 18.4 Å². The lowest BCUT2D eigenvalue weighted by molar-refractivity contribution is 0.378. The predicted octanol–water partition coefficient (Wildman–Crippen LogP) is 5.30. The van der Waals surface area contributed by atoms with Crippen LogP contribution in [-0.4, -0.2) is 8.51 Å². The van der Waals surface area contributed by atoms with Crippen molar-refractivity contribution >= 4 is 21.8 Å². The Balaban J connectivity index is 1.64. The summed E-state index contributed by atoms with van der Waals surface area (Å²) in [5.74, 6) is 0.443. The third-order valence-electron chi connectivity index (χ3n) is 4.34. The number of hydrogen-bond acceptors (Lipinski definition) is 2. The van der Waals surface area contributed by atoms with Crippen LogP contribution in [0.1, 0.15) is 11.3 Å². The van der Waals surface area contributed by atoms with Crippen LogP contribution in [0.3, 0.4) is 0 Å². The summed E-state index contributed by atoms with van der Waals surface area (Å²) in [5, 5.41) is 2.15. The van der Waals surface area contributed by atoms with Gasteiger partial charge in [-0.2, -0.15) is 0 Å². The highest BCUT2D eigenvalue weighted by Gasteiger charge is 2.18. The van der Waals surface area contributed by atoms with Crippen molar-refractivity contribution in [2.45, 2.75) is 18.0 Å². The molecule has 4 rings (SSSR count). The standard InChI is InChI=1S/C22H18FNO2S/c23-20-10-7-17(8-11-20)15-24(16-21-6-3-13-26-21)27(25)22-12-9-18-4-1-2-5-19(18)14-22/h1-14H,15-16H2/t27-/m1/s1. The van der Waals surface area contributed by atoms with Crippen molar-refractivity contribution in [3.63, 3.8) is 0 Å². The van der Waals surface area contributed by atoms with E-state index in [1.165, 1.54) is 12.1 Å². The fraction of sp³-hybridized carbons (Fsp3) is 0.0909. The molecule has 0 aliphatic rings. The van der Waals surface area contributed by atoms with E-state index in [2.05, 4.69) is 0 Å². The molecule has 136 valence electrons. The first-order chi connectivity index (χ1) is 13.2. The quantitative estimate of drug-likeness (QED) is 0.456. The van der Waals surface area contributed by atoms with E-state index >= 15 is 0 Å². The molecule has 0 aliphatic heterocycles. The second-order valence-electron chi connectivity index (χ2n) is 6.26. The summed E-state index contributed by atoms with van der Waals surface area (Å²) in [7, 11) is -1.39. The van der Waals surface area contributed by atoms with Gasteiger partial charge >= 0.3 is 0 Å². The summed E-state index contributed by atoms with van der Waals surface area (Å²) in [4.78, 5) is 0.724. The Hall–Kier alpha value is -2.76. The third-order valence-corrected chi connectivity index (χ3v) is 5.73. The number of benzene rings is 3. The molecular weight excluding hydrogens is 361 g/mol. The number of hydrogen-bond donors (Lipinski definition) is 0. The summed E-state index contributed by atoms with van der Waals surface area (Å²) in [6.07, 6.45) is 1.60. The Morgan fingerprint density at radius 3 is 2.37 bits per heavy atom. The van der Waals surface area contributed by atoms with Crippen LogP contribution in [0.15, 0.2) is 94.4 Å². The van der Waals surface area contributed by atoms with Gasteiger partial charge in [-0.15, -0.1) is 0 Å². The summed E-state index contributed by atoms with van der Waals surface area (Å²) in [5.41, 5.74) is 0.886. The average Bonchev–Trinajstić information content (AvgIpc) is 3.21. The van der Waals surface area contributed by atoms with Gasteiger partial charge < -0.3 is 4.42 Å². The van der Waals surface area contributed by atoms with Gasteiger partial charge in [-0.3, -0.25) is 0 Å². The van der Waals surface area contributed by atoms with Crippen LogP contribution in [0.5, 0.6) is 0 Å². The second-order valence-corrected chi connectivity index (χ2v) is 7.75. The van der Waals surface area contributed by atoms with Crippen LogP contribution >= 0.6 is 0 Å². The lowest BCUT2D eigenvalue weighted by Gasteiger charge is -2.20. The number of furan rings is 1. The minimum Gasteiger partial charge on any atom is -0.468 e. The minimum atomic E-state index is -1.39. The van der Waals surface area contributed by atoms with Crippen LogP contribution < -0.4 is 0 Å². The Labute approximate surface area is 159 Å². The molecule has 0 bridgehead atoms. The van der Waals surface area contributed by atoms with Crippen molar-refractivity contribution in [2.75, 3.05) is 0 Å². The molecule has 3 nitrogen and oxygen atoms in total. The summed E-state index contributed by atoms with van der Waals surface area (Å²) < 4.78 is 33.8. The lowest BCUT2D eigenvalue weighted by Crippen LogP contribution is -2.25. The van der Waals surface area contributed by atoms with Gasteiger partial charge in [-0.05, 0) is 52.7 Å². The van der Waals surface area contributed by atoms with Gasteiger partial charge in [0.05, 0.1) is 17.7 Å². The van der Waals surface area contributed by atoms with E-state index in [-0.39, 0.29) is 5.82 Å². The summed E-state index contributed by atoms with van der Waals surface area (Å²) >= 11 is 0. The highest BCUT2D eigenvalue weighted by molar-refractivity contribution is 7.82. The smallest absolute Gasteiger partial charge is 0.128 e. The first-order valence-electron chi connectivity index (χ1n) is 8.61. The number of fused-ring (bicyclic) bond motifs is 1. The highest BCUT2D eigenvalue weighted by atomic mass is 32.2. The Morgan fingerprint density at radius 1 is 0.852 bits per heavy atom. The molecule has 0 aliphatic carbocycles. The zero-order valence-corrected chi connectivity index (χ0v) is 15.4. The Kier molecular flexibility index (Phi) is 5.14. The van der Waals surface area contributed by atoms with E-state index in [0.29, 0.717) is 13.1 Å². The van der Waals surface area contributed by atoms with E-state index in [4.69, 9.17) is 4.42 Å². The summed E-state index contributed by atoms with van der Waals surface area (Å²) in [6, 6.07) is 23.7. The molecule has 0 unspecified atom stereocenters. The minimum absolute atomic E-state index is 0.285. The second kappa shape index (κ2) is 7.86. The molecule has 0 saturated heterocycles. The molecule has 27 heavy (non-hydrogen) atoms. The van der Waals surface area contributed by atoms with E-state index < -0.39 is 11.0 Å². The molecule has 5 heteroatoms. The maximum Gasteiger partial charge on any atom is 0.128 e. The van der Waals surface area contributed by atoms with Crippen LogP contribution in [0.2, 0.25) is 0 Å².